The monoisotopic (exact) mass is 480 g/mol. The molecule has 0 fully saturated rings. The molecule has 0 aliphatic rings. The highest BCUT2D eigenvalue weighted by Gasteiger charge is 2.36. The van der Waals surface area contributed by atoms with Crippen LogP contribution in [0.3, 0.4) is 0 Å². The van der Waals surface area contributed by atoms with Gasteiger partial charge in [0.15, 0.2) is 0 Å². The minimum Gasteiger partial charge on any atom is -0.387 e. The molecule has 1 atom stereocenters. The van der Waals surface area contributed by atoms with Crippen LogP contribution in [0.1, 0.15) is 12.5 Å². The highest BCUT2D eigenvalue weighted by atomic mass is 19.4. The van der Waals surface area contributed by atoms with Crippen molar-refractivity contribution in [3.05, 3.63) is 73.6 Å². The number of aromatic amines is 1. The van der Waals surface area contributed by atoms with E-state index in [0.717, 1.165) is 34.8 Å². The van der Waals surface area contributed by atoms with Crippen LogP contribution < -0.4 is 10.6 Å². The third-order valence-corrected chi connectivity index (χ3v) is 5.30. The van der Waals surface area contributed by atoms with Crippen molar-refractivity contribution in [2.75, 3.05) is 17.7 Å². The molecule has 0 spiro atoms. The van der Waals surface area contributed by atoms with Crippen LogP contribution in [-0.4, -0.2) is 48.8 Å². The third-order valence-electron chi connectivity index (χ3n) is 5.30. The summed E-state index contributed by atoms with van der Waals surface area (Å²) >= 11 is 0. The normalized spacial score (nSPS) is 12.1. The van der Waals surface area contributed by atoms with Gasteiger partial charge in [0.05, 0.1) is 17.4 Å². The Bertz CT molecular complexity index is 1440. The minimum atomic E-state index is -4.37. The van der Waals surface area contributed by atoms with Crippen LogP contribution in [0.15, 0.2) is 68.0 Å². The second kappa shape index (κ2) is 9.84. The highest BCUT2D eigenvalue weighted by molar-refractivity contribution is 5.94. The van der Waals surface area contributed by atoms with Gasteiger partial charge in [-0.25, -0.2) is 9.50 Å². The number of halogens is 3. The first-order chi connectivity index (χ1) is 16.8. The summed E-state index contributed by atoms with van der Waals surface area (Å²) in [6.07, 6.45) is 7.71. The fourth-order valence-corrected chi connectivity index (χ4v) is 3.33. The number of anilines is 2. The summed E-state index contributed by atoms with van der Waals surface area (Å²) < 4.78 is 39.8. The summed E-state index contributed by atoms with van der Waals surface area (Å²) in [5.74, 6) is -0.0825. The highest BCUT2D eigenvalue weighted by Crippen LogP contribution is 2.30. The second-order valence-electron chi connectivity index (χ2n) is 7.61. The molecule has 0 amide bonds. The molecule has 3 N–H and O–H groups in total. The Balaban J connectivity index is 0.000000308. The number of nitrogens with one attached hydrogen (secondary N) is 3. The topological polar surface area (TPSA) is 95.8 Å². The Morgan fingerprint density at radius 2 is 2.03 bits per heavy atom. The van der Waals surface area contributed by atoms with Crippen LogP contribution in [0.5, 0.6) is 0 Å². The predicted molar refractivity (Wildman–Crippen MR) is 131 cm³/mol. The Morgan fingerprint density at radius 3 is 2.69 bits per heavy atom. The fourth-order valence-electron chi connectivity index (χ4n) is 3.33. The van der Waals surface area contributed by atoms with Gasteiger partial charge in [-0.15, -0.1) is 0 Å². The van der Waals surface area contributed by atoms with Gasteiger partial charge in [-0.1, -0.05) is 12.7 Å². The van der Waals surface area contributed by atoms with E-state index in [-0.39, 0.29) is 5.95 Å². The molecule has 180 valence electrons. The lowest BCUT2D eigenvalue weighted by Gasteiger charge is -2.16. The van der Waals surface area contributed by atoms with Crippen molar-refractivity contribution in [2.24, 2.45) is 0 Å². The molecule has 11 heteroatoms. The number of aromatic nitrogens is 6. The van der Waals surface area contributed by atoms with Crippen LogP contribution in [0.4, 0.5) is 24.8 Å². The number of pyridine rings is 2. The molecule has 0 bridgehead atoms. The van der Waals surface area contributed by atoms with Gasteiger partial charge in [0.25, 0.3) is 0 Å². The molecule has 0 aliphatic heterocycles. The summed E-state index contributed by atoms with van der Waals surface area (Å²) in [5, 5.41) is 10.2. The summed E-state index contributed by atoms with van der Waals surface area (Å²) in [5.41, 5.74) is 5.06. The molecule has 0 saturated heterocycles. The van der Waals surface area contributed by atoms with Crippen LogP contribution >= 0.6 is 0 Å². The van der Waals surface area contributed by atoms with E-state index in [1.807, 2.05) is 37.5 Å². The van der Waals surface area contributed by atoms with E-state index in [9.17, 15) is 13.2 Å². The number of hydrogen-bond donors (Lipinski definition) is 3. The van der Waals surface area contributed by atoms with Crippen molar-refractivity contribution in [3.8, 4) is 11.1 Å². The molecule has 8 nitrogen and oxygen atoms in total. The minimum absolute atomic E-state index is 0.0825. The molecule has 0 aromatic carbocycles. The van der Waals surface area contributed by atoms with E-state index in [0.29, 0.717) is 11.0 Å². The van der Waals surface area contributed by atoms with Gasteiger partial charge in [-0.2, -0.15) is 23.3 Å². The molecule has 0 saturated carbocycles. The maximum atomic E-state index is 12.7. The zero-order chi connectivity index (χ0) is 25.0. The summed E-state index contributed by atoms with van der Waals surface area (Å²) in [6.45, 7) is 4.80. The van der Waals surface area contributed by atoms with E-state index < -0.39 is 12.2 Å². The lowest BCUT2D eigenvalue weighted by atomic mass is 10.1. The van der Waals surface area contributed by atoms with E-state index in [1.165, 1.54) is 6.20 Å². The summed E-state index contributed by atoms with van der Waals surface area (Å²) in [4.78, 5) is 15.1. The van der Waals surface area contributed by atoms with Gasteiger partial charge in [-0.05, 0) is 36.8 Å². The lowest BCUT2D eigenvalue weighted by Crippen LogP contribution is -2.33. The molecular weight excluding hydrogens is 457 g/mol. The number of fused-ring (bicyclic) bond motifs is 2. The van der Waals surface area contributed by atoms with E-state index >= 15 is 0 Å². The first-order valence-corrected chi connectivity index (χ1v) is 10.7. The zero-order valence-corrected chi connectivity index (χ0v) is 19.0. The van der Waals surface area contributed by atoms with Crippen molar-refractivity contribution in [1.82, 2.24) is 29.5 Å². The fraction of sp³-hybridized carbons (Fsp3) is 0.167. The number of rotatable bonds is 5. The number of nitrogens with zero attached hydrogens (tertiary/aromatic N) is 5. The lowest BCUT2D eigenvalue weighted by molar-refractivity contribution is -0.138. The van der Waals surface area contributed by atoms with Gasteiger partial charge in [-0.3, -0.25) is 4.98 Å². The zero-order valence-electron chi connectivity index (χ0n) is 19.0. The second-order valence-corrected chi connectivity index (χ2v) is 7.61. The summed E-state index contributed by atoms with van der Waals surface area (Å²) in [7, 11) is 1.87. The molecule has 5 heterocycles. The van der Waals surface area contributed by atoms with Gasteiger partial charge in [0.2, 0.25) is 5.95 Å². The molecule has 5 rings (SSSR count). The molecule has 0 unspecified atom stereocenters. The Labute approximate surface area is 199 Å². The SMILES string of the molecule is C=Cc1cnn2ccc(-c3c[nH]c4nc(N[C@H](C)C(F)(F)F)ncc34)cc12.CNc1cccnc1. The maximum absolute atomic E-state index is 12.7. The Morgan fingerprint density at radius 1 is 1.20 bits per heavy atom. The first kappa shape index (κ1) is 23.7. The van der Waals surface area contributed by atoms with Crippen LogP contribution in [0, 0.1) is 0 Å². The molecule has 0 aliphatic carbocycles. The number of hydrogen-bond acceptors (Lipinski definition) is 6. The maximum Gasteiger partial charge on any atom is 0.408 e. The van der Waals surface area contributed by atoms with Crippen LogP contribution in [0.25, 0.3) is 33.8 Å². The Hall–Kier alpha value is -4.41. The molecule has 5 aromatic heterocycles. The molecule has 35 heavy (non-hydrogen) atoms. The quantitative estimate of drug-likeness (QED) is 0.312. The molecular formula is C24H23F3N8. The van der Waals surface area contributed by atoms with Crippen molar-refractivity contribution in [3.63, 3.8) is 0 Å². The van der Waals surface area contributed by atoms with E-state index in [4.69, 9.17) is 0 Å². The van der Waals surface area contributed by atoms with Crippen molar-refractivity contribution >= 4 is 34.3 Å². The molecule has 5 aromatic rings. The smallest absolute Gasteiger partial charge is 0.387 e. The van der Waals surface area contributed by atoms with Gasteiger partial charge in [0, 0.05) is 54.5 Å². The van der Waals surface area contributed by atoms with E-state index in [2.05, 4.69) is 42.2 Å². The number of alkyl halides is 3. The largest absolute Gasteiger partial charge is 0.408 e. The molecule has 0 radical (unpaired) electrons. The average molecular weight is 480 g/mol. The standard InChI is InChI=1S/C18H15F3N6.C6H8N2/c1-3-11-7-24-27-5-4-12(6-15(11)27)13-8-22-16-14(13)9-23-17(26-16)25-10(2)18(19,20)21;1-7-6-3-2-4-8-5-6/h3-10H,1H2,2H3,(H2,22,23,25,26);2-5,7H,1H3/t10-;/m1./s1. The average Bonchev–Trinajstić information content (AvgIpc) is 3.47. The Kier molecular flexibility index (Phi) is 6.67. The van der Waals surface area contributed by atoms with Gasteiger partial charge in [0.1, 0.15) is 11.7 Å². The van der Waals surface area contributed by atoms with Crippen LogP contribution in [0.2, 0.25) is 0 Å². The summed E-state index contributed by atoms with van der Waals surface area (Å²) in [6, 6.07) is 5.97. The van der Waals surface area contributed by atoms with Crippen molar-refractivity contribution < 1.29 is 13.2 Å². The van der Waals surface area contributed by atoms with Crippen molar-refractivity contribution in [2.45, 2.75) is 19.1 Å². The first-order valence-electron chi connectivity index (χ1n) is 10.7. The van der Waals surface area contributed by atoms with Gasteiger partial charge >= 0.3 is 6.18 Å². The predicted octanol–water partition coefficient (Wildman–Crippen LogP) is 5.40. The number of H-pyrrole nitrogens is 1. The van der Waals surface area contributed by atoms with Crippen molar-refractivity contribution in [1.29, 1.82) is 0 Å². The van der Waals surface area contributed by atoms with Gasteiger partial charge < -0.3 is 15.6 Å². The third kappa shape index (κ3) is 5.24. The van der Waals surface area contributed by atoms with Crippen LogP contribution in [-0.2, 0) is 0 Å². The van der Waals surface area contributed by atoms with E-state index in [1.54, 1.807) is 35.4 Å².